The lowest BCUT2D eigenvalue weighted by atomic mass is 10.2. The first-order valence-corrected chi connectivity index (χ1v) is 9.10. The van der Waals surface area contributed by atoms with Gasteiger partial charge in [-0.3, -0.25) is 10.1 Å². The molecule has 124 valence electrons. The first-order chi connectivity index (χ1) is 11.7. The molecule has 0 atom stereocenters. The molecular weight excluding hydrogens is 346 g/mol. The number of carbonyl (C=O) groups is 1. The van der Waals surface area contributed by atoms with Crippen LogP contribution < -0.4 is 5.32 Å². The lowest BCUT2D eigenvalue weighted by Crippen LogP contribution is -2.12. The predicted molar refractivity (Wildman–Crippen MR) is 92.3 cm³/mol. The summed E-state index contributed by atoms with van der Waals surface area (Å²) in [4.78, 5) is 17.5. The number of amides is 1. The van der Waals surface area contributed by atoms with Crippen molar-refractivity contribution in [2.24, 2.45) is 0 Å². The SMILES string of the molecule is CCc1nnc(NC(=O)c2ccccc2SCc2noc(C)n2)s1. The highest BCUT2D eigenvalue weighted by Gasteiger charge is 2.14. The third-order valence-corrected chi connectivity index (χ3v) is 5.10. The van der Waals surface area contributed by atoms with Crippen LogP contribution in [0.2, 0.25) is 0 Å². The Morgan fingerprint density at radius 2 is 2.17 bits per heavy atom. The minimum atomic E-state index is -0.207. The minimum Gasteiger partial charge on any atom is -0.340 e. The van der Waals surface area contributed by atoms with Crippen LogP contribution in [0.25, 0.3) is 0 Å². The molecule has 3 aromatic rings. The van der Waals surface area contributed by atoms with Crippen LogP contribution >= 0.6 is 23.1 Å². The third kappa shape index (κ3) is 3.98. The molecule has 0 bridgehead atoms. The molecular formula is C15H15N5O2S2. The summed E-state index contributed by atoms with van der Waals surface area (Å²) in [6.07, 6.45) is 0.796. The van der Waals surface area contributed by atoms with Gasteiger partial charge in [0, 0.05) is 11.8 Å². The maximum atomic E-state index is 12.5. The number of aromatic nitrogens is 4. The molecule has 0 aliphatic carbocycles. The number of hydrogen-bond acceptors (Lipinski definition) is 8. The van der Waals surface area contributed by atoms with E-state index in [0.29, 0.717) is 28.2 Å². The van der Waals surface area contributed by atoms with E-state index in [2.05, 4.69) is 25.7 Å². The highest BCUT2D eigenvalue weighted by atomic mass is 32.2. The molecule has 1 amide bonds. The van der Waals surface area contributed by atoms with Gasteiger partial charge in [0.25, 0.3) is 5.91 Å². The number of nitrogens with zero attached hydrogens (tertiary/aromatic N) is 4. The van der Waals surface area contributed by atoms with Gasteiger partial charge in [-0.1, -0.05) is 35.5 Å². The zero-order chi connectivity index (χ0) is 16.9. The van der Waals surface area contributed by atoms with Crippen molar-refractivity contribution in [3.8, 4) is 0 Å². The van der Waals surface area contributed by atoms with Gasteiger partial charge < -0.3 is 4.52 Å². The number of benzene rings is 1. The summed E-state index contributed by atoms with van der Waals surface area (Å²) in [5.74, 6) is 1.45. The third-order valence-electron chi connectivity index (χ3n) is 3.05. The number of rotatable bonds is 6. The average molecular weight is 361 g/mol. The molecule has 3 rings (SSSR count). The molecule has 2 aromatic heterocycles. The van der Waals surface area contributed by atoms with Crippen molar-refractivity contribution in [2.45, 2.75) is 30.9 Å². The van der Waals surface area contributed by atoms with Crippen molar-refractivity contribution in [3.63, 3.8) is 0 Å². The Morgan fingerprint density at radius 1 is 1.33 bits per heavy atom. The van der Waals surface area contributed by atoms with Crippen LogP contribution in [0.5, 0.6) is 0 Å². The summed E-state index contributed by atoms with van der Waals surface area (Å²) in [7, 11) is 0. The molecule has 0 fully saturated rings. The Labute approximate surface area is 146 Å². The monoisotopic (exact) mass is 361 g/mol. The van der Waals surface area contributed by atoms with E-state index in [1.807, 2.05) is 25.1 Å². The molecule has 1 N–H and O–H groups in total. The van der Waals surface area contributed by atoms with Gasteiger partial charge >= 0.3 is 0 Å². The summed E-state index contributed by atoms with van der Waals surface area (Å²) < 4.78 is 4.95. The molecule has 0 radical (unpaired) electrons. The van der Waals surface area contributed by atoms with Gasteiger partial charge in [-0.05, 0) is 18.6 Å². The van der Waals surface area contributed by atoms with Crippen LogP contribution in [0.4, 0.5) is 5.13 Å². The summed E-state index contributed by atoms with van der Waals surface area (Å²) in [6, 6.07) is 7.39. The standard InChI is InChI=1S/C15H15N5O2S2/c1-3-13-18-19-15(24-13)17-14(21)10-6-4-5-7-11(10)23-8-12-16-9(2)22-20-12/h4-7H,3,8H2,1-2H3,(H,17,19,21). The highest BCUT2D eigenvalue weighted by Crippen LogP contribution is 2.26. The van der Waals surface area contributed by atoms with E-state index in [1.54, 1.807) is 13.0 Å². The van der Waals surface area contributed by atoms with E-state index in [0.717, 1.165) is 16.3 Å². The Hall–Kier alpha value is -2.26. The van der Waals surface area contributed by atoms with Gasteiger partial charge in [0.2, 0.25) is 11.0 Å². The minimum absolute atomic E-state index is 0.207. The zero-order valence-electron chi connectivity index (χ0n) is 13.1. The fraction of sp³-hybridized carbons (Fsp3) is 0.267. The molecule has 0 saturated heterocycles. The van der Waals surface area contributed by atoms with Crippen LogP contribution in [-0.4, -0.2) is 26.2 Å². The fourth-order valence-electron chi connectivity index (χ4n) is 1.93. The maximum Gasteiger partial charge on any atom is 0.258 e. The number of thioether (sulfide) groups is 1. The average Bonchev–Trinajstić information content (AvgIpc) is 3.22. The molecule has 0 saturated carbocycles. The number of anilines is 1. The van der Waals surface area contributed by atoms with Crippen LogP contribution in [-0.2, 0) is 12.2 Å². The second kappa shape index (κ2) is 7.54. The number of hydrogen-bond donors (Lipinski definition) is 1. The highest BCUT2D eigenvalue weighted by molar-refractivity contribution is 7.98. The normalized spacial score (nSPS) is 10.8. The topological polar surface area (TPSA) is 93.8 Å². The second-order valence-electron chi connectivity index (χ2n) is 4.82. The number of nitrogens with one attached hydrogen (secondary N) is 1. The molecule has 0 unspecified atom stereocenters. The summed E-state index contributed by atoms with van der Waals surface area (Å²) in [5.41, 5.74) is 0.580. The first-order valence-electron chi connectivity index (χ1n) is 7.30. The predicted octanol–water partition coefficient (Wildman–Crippen LogP) is 3.34. The van der Waals surface area contributed by atoms with Crippen LogP contribution in [0.1, 0.15) is 34.0 Å². The largest absolute Gasteiger partial charge is 0.340 e. The lowest BCUT2D eigenvalue weighted by Gasteiger charge is -2.07. The van der Waals surface area contributed by atoms with Crippen molar-refractivity contribution in [2.75, 3.05) is 5.32 Å². The second-order valence-corrected chi connectivity index (χ2v) is 6.90. The van der Waals surface area contributed by atoms with Crippen molar-refractivity contribution in [1.29, 1.82) is 0 Å². The van der Waals surface area contributed by atoms with Crippen molar-refractivity contribution >= 4 is 34.1 Å². The molecule has 2 heterocycles. The van der Waals surface area contributed by atoms with E-state index in [4.69, 9.17) is 4.52 Å². The first kappa shape index (κ1) is 16.6. The van der Waals surface area contributed by atoms with Crippen LogP contribution in [0.15, 0.2) is 33.7 Å². The molecule has 0 spiro atoms. The van der Waals surface area contributed by atoms with Gasteiger partial charge in [0.1, 0.15) is 5.01 Å². The fourth-order valence-corrected chi connectivity index (χ4v) is 3.50. The van der Waals surface area contributed by atoms with E-state index in [-0.39, 0.29) is 5.91 Å². The van der Waals surface area contributed by atoms with E-state index < -0.39 is 0 Å². The molecule has 9 heteroatoms. The summed E-state index contributed by atoms with van der Waals surface area (Å²) >= 11 is 2.86. The van der Waals surface area contributed by atoms with Crippen LogP contribution in [0.3, 0.4) is 0 Å². The zero-order valence-corrected chi connectivity index (χ0v) is 14.8. The Kier molecular flexibility index (Phi) is 5.21. The van der Waals surface area contributed by atoms with E-state index in [1.165, 1.54) is 23.1 Å². The quantitative estimate of drug-likeness (QED) is 0.673. The maximum absolute atomic E-state index is 12.5. The van der Waals surface area contributed by atoms with Gasteiger partial charge in [-0.2, -0.15) is 4.98 Å². The van der Waals surface area contributed by atoms with Gasteiger partial charge in [-0.25, -0.2) is 0 Å². The van der Waals surface area contributed by atoms with Crippen LogP contribution in [0, 0.1) is 6.92 Å². The molecule has 24 heavy (non-hydrogen) atoms. The lowest BCUT2D eigenvalue weighted by molar-refractivity contribution is 0.102. The Balaban J connectivity index is 1.71. The van der Waals surface area contributed by atoms with Crippen molar-refractivity contribution in [3.05, 3.63) is 46.6 Å². The van der Waals surface area contributed by atoms with E-state index >= 15 is 0 Å². The van der Waals surface area contributed by atoms with Crippen molar-refractivity contribution < 1.29 is 9.32 Å². The number of aryl methyl sites for hydroxylation is 2. The molecule has 1 aromatic carbocycles. The molecule has 7 nitrogen and oxygen atoms in total. The van der Waals surface area contributed by atoms with E-state index in [9.17, 15) is 4.79 Å². The van der Waals surface area contributed by atoms with Gasteiger partial charge in [0.15, 0.2) is 5.82 Å². The molecule has 0 aliphatic heterocycles. The van der Waals surface area contributed by atoms with Gasteiger partial charge in [-0.15, -0.1) is 22.0 Å². The van der Waals surface area contributed by atoms with Crippen molar-refractivity contribution in [1.82, 2.24) is 20.3 Å². The smallest absolute Gasteiger partial charge is 0.258 e. The summed E-state index contributed by atoms with van der Waals surface area (Å²) in [5, 5.41) is 16.0. The Morgan fingerprint density at radius 3 is 2.88 bits per heavy atom. The van der Waals surface area contributed by atoms with Gasteiger partial charge in [0.05, 0.1) is 11.3 Å². The summed E-state index contributed by atoms with van der Waals surface area (Å²) in [6.45, 7) is 3.74. The molecule has 0 aliphatic rings. The number of carbonyl (C=O) groups excluding carboxylic acids is 1. The Bertz CT molecular complexity index is 846.